The summed E-state index contributed by atoms with van der Waals surface area (Å²) in [5, 5.41) is 10.9. The van der Waals surface area contributed by atoms with Crippen molar-refractivity contribution in [2.45, 2.75) is 13.3 Å². The molecular formula is C20H16NO3-. The Kier molecular flexibility index (Phi) is 4.29. The molecule has 4 nitrogen and oxygen atoms in total. The van der Waals surface area contributed by atoms with Gasteiger partial charge in [0.25, 0.3) is 5.56 Å². The normalized spacial score (nSPS) is 10.5. The molecule has 0 fully saturated rings. The Bertz CT molecular complexity index is 925. The van der Waals surface area contributed by atoms with Crippen LogP contribution in [0.15, 0.2) is 71.7 Å². The summed E-state index contributed by atoms with van der Waals surface area (Å²) in [6.07, 6.45) is 0.553. The molecule has 0 saturated carbocycles. The number of carbonyl (C=O) groups excluding carboxylic acids is 1. The van der Waals surface area contributed by atoms with Gasteiger partial charge in [-0.3, -0.25) is 9.36 Å². The highest BCUT2D eigenvalue weighted by atomic mass is 16.4. The maximum atomic E-state index is 12.1. The second kappa shape index (κ2) is 6.54. The fourth-order valence-corrected chi connectivity index (χ4v) is 2.73. The molecule has 3 aromatic rings. The van der Waals surface area contributed by atoms with Gasteiger partial charge in [0.15, 0.2) is 0 Å². The van der Waals surface area contributed by atoms with Gasteiger partial charge in [0.1, 0.15) is 6.09 Å². The quantitative estimate of drug-likeness (QED) is 0.746. The largest absolute Gasteiger partial charge is 0.529 e. The fraction of sp³-hybridized carbons (Fsp3) is 0.100. The minimum absolute atomic E-state index is 0.387. The summed E-state index contributed by atoms with van der Waals surface area (Å²) < 4.78 is 0.586. The number of rotatable bonds is 3. The van der Waals surface area contributed by atoms with Crippen molar-refractivity contribution in [2.24, 2.45) is 0 Å². The monoisotopic (exact) mass is 318 g/mol. The highest BCUT2D eigenvalue weighted by Crippen LogP contribution is 2.22. The number of pyridine rings is 1. The third kappa shape index (κ3) is 3.13. The zero-order valence-corrected chi connectivity index (χ0v) is 13.2. The number of hydrogen-bond donors (Lipinski definition) is 0. The third-order valence-corrected chi connectivity index (χ3v) is 4.05. The molecule has 120 valence electrons. The number of benzene rings is 2. The third-order valence-electron chi connectivity index (χ3n) is 4.05. The van der Waals surface area contributed by atoms with E-state index in [1.807, 2.05) is 42.5 Å². The van der Waals surface area contributed by atoms with Crippen LogP contribution in [0.3, 0.4) is 0 Å². The summed E-state index contributed by atoms with van der Waals surface area (Å²) in [5.74, 6) is 0. The summed E-state index contributed by atoms with van der Waals surface area (Å²) in [6.45, 7) is 1.62. The smallest absolute Gasteiger partial charge is 0.259 e. The van der Waals surface area contributed by atoms with Gasteiger partial charge in [-0.15, -0.1) is 0 Å². The molecule has 0 saturated heterocycles. The van der Waals surface area contributed by atoms with Crippen LogP contribution in [0, 0.1) is 6.92 Å². The lowest BCUT2D eigenvalue weighted by atomic mass is 9.98. The molecule has 0 aliphatic rings. The van der Waals surface area contributed by atoms with E-state index in [2.05, 4.69) is 12.1 Å². The Morgan fingerprint density at radius 3 is 2.21 bits per heavy atom. The lowest BCUT2D eigenvalue weighted by Gasteiger charge is -2.11. The predicted octanol–water partition coefficient (Wildman–Crippen LogP) is 2.61. The molecule has 0 atom stereocenters. The molecule has 0 unspecified atom stereocenters. The van der Waals surface area contributed by atoms with Crippen LogP contribution in [-0.2, 0) is 6.42 Å². The van der Waals surface area contributed by atoms with Crippen LogP contribution < -0.4 is 10.7 Å². The van der Waals surface area contributed by atoms with Crippen molar-refractivity contribution in [3.05, 3.63) is 93.9 Å². The van der Waals surface area contributed by atoms with Crippen LogP contribution in [0.4, 0.5) is 4.79 Å². The molecule has 3 rings (SSSR count). The van der Waals surface area contributed by atoms with E-state index < -0.39 is 11.7 Å². The first-order chi connectivity index (χ1) is 11.6. The van der Waals surface area contributed by atoms with Gasteiger partial charge in [0, 0.05) is 11.8 Å². The number of hydrogen-bond acceptors (Lipinski definition) is 3. The van der Waals surface area contributed by atoms with Gasteiger partial charge in [0.05, 0.1) is 0 Å². The lowest BCUT2D eigenvalue weighted by Crippen LogP contribution is -2.37. The topological polar surface area (TPSA) is 62.1 Å². The zero-order valence-electron chi connectivity index (χ0n) is 13.2. The summed E-state index contributed by atoms with van der Waals surface area (Å²) in [5.41, 5.74) is 3.83. The highest BCUT2D eigenvalue weighted by Gasteiger charge is 2.08. The van der Waals surface area contributed by atoms with Crippen molar-refractivity contribution in [1.29, 1.82) is 0 Å². The highest BCUT2D eigenvalue weighted by molar-refractivity contribution is 5.71. The van der Waals surface area contributed by atoms with E-state index >= 15 is 0 Å². The Morgan fingerprint density at radius 2 is 1.58 bits per heavy atom. The average Bonchev–Trinajstić information content (AvgIpc) is 2.59. The van der Waals surface area contributed by atoms with Crippen LogP contribution in [0.1, 0.15) is 16.7 Å². The summed E-state index contributed by atoms with van der Waals surface area (Å²) in [7, 11) is 0. The van der Waals surface area contributed by atoms with Crippen molar-refractivity contribution in [3.8, 4) is 11.1 Å². The molecule has 1 aromatic heterocycles. The van der Waals surface area contributed by atoms with Crippen LogP contribution in [0.2, 0.25) is 0 Å². The molecule has 0 aliphatic carbocycles. The SMILES string of the molecule is Cc1c(-c2ccc(Cc3ccccc3)cc2)ccn(C(=O)[O-])c1=O. The number of nitrogens with zero attached hydrogens (tertiary/aromatic N) is 1. The maximum Gasteiger partial charge on any atom is 0.259 e. The van der Waals surface area contributed by atoms with Crippen molar-refractivity contribution in [3.63, 3.8) is 0 Å². The predicted molar refractivity (Wildman–Crippen MR) is 90.9 cm³/mol. The standard InChI is InChI=1S/C20H17NO3/c1-14-18(11-12-21(19(14)22)20(23)24)17-9-7-16(8-10-17)13-15-5-3-2-4-6-15/h2-12H,13H2,1H3,(H,23,24)/p-1. The van der Waals surface area contributed by atoms with Gasteiger partial charge in [-0.25, -0.2) is 0 Å². The van der Waals surface area contributed by atoms with Crippen LogP contribution in [0.5, 0.6) is 0 Å². The molecule has 24 heavy (non-hydrogen) atoms. The molecule has 0 aliphatic heterocycles. The van der Waals surface area contributed by atoms with E-state index in [9.17, 15) is 14.7 Å². The summed E-state index contributed by atoms with van der Waals surface area (Å²) in [6, 6.07) is 19.7. The van der Waals surface area contributed by atoms with E-state index in [4.69, 9.17) is 0 Å². The molecular weight excluding hydrogens is 302 g/mol. The minimum Gasteiger partial charge on any atom is -0.529 e. The van der Waals surface area contributed by atoms with Gasteiger partial charge < -0.3 is 9.90 Å². The van der Waals surface area contributed by atoms with Gasteiger partial charge >= 0.3 is 0 Å². The molecule has 2 aromatic carbocycles. The second-order valence-electron chi connectivity index (χ2n) is 5.65. The van der Waals surface area contributed by atoms with E-state index in [0.29, 0.717) is 10.1 Å². The molecule has 0 spiro atoms. The van der Waals surface area contributed by atoms with Gasteiger partial charge in [-0.2, -0.15) is 0 Å². The van der Waals surface area contributed by atoms with E-state index in [1.165, 1.54) is 17.3 Å². The maximum absolute atomic E-state index is 12.1. The zero-order chi connectivity index (χ0) is 17.1. The van der Waals surface area contributed by atoms with Gasteiger partial charge in [-0.05, 0) is 41.7 Å². The van der Waals surface area contributed by atoms with Crippen molar-refractivity contribution in [1.82, 2.24) is 4.57 Å². The van der Waals surface area contributed by atoms with E-state index in [0.717, 1.165) is 17.5 Å². The Balaban J connectivity index is 1.90. The molecule has 1 heterocycles. The summed E-state index contributed by atoms with van der Waals surface area (Å²) in [4.78, 5) is 22.9. The lowest BCUT2D eigenvalue weighted by molar-refractivity contribution is -0.250. The fourth-order valence-electron chi connectivity index (χ4n) is 2.73. The Hall–Kier alpha value is -3.14. The minimum atomic E-state index is -1.52. The van der Waals surface area contributed by atoms with Crippen LogP contribution in [-0.4, -0.2) is 10.7 Å². The Morgan fingerprint density at radius 1 is 0.958 bits per heavy atom. The first-order valence-electron chi connectivity index (χ1n) is 7.63. The van der Waals surface area contributed by atoms with Crippen LogP contribution >= 0.6 is 0 Å². The van der Waals surface area contributed by atoms with E-state index in [-0.39, 0.29) is 0 Å². The van der Waals surface area contributed by atoms with Crippen molar-refractivity contribution >= 4 is 6.09 Å². The number of aromatic nitrogens is 1. The van der Waals surface area contributed by atoms with Crippen molar-refractivity contribution < 1.29 is 9.90 Å². The second-order valence-corrected chi connectivity index (χ2v) is 5.65. The number of carboxylic acid groups (broad SMARTS) is 1. The van der Waals surface area contributed by atoms with Crippen LogP contribution in [0.25, 0.3) is 11.1 Å². The molecule has 0 radical (unpaired) electrons. The molecule has 4 heteroatoms. The van der Waals surface area contributed by atoms with Crippen molar-refractivity contribution in [2.75, 3.05) is 0 Å². The van der Waals surface area contributed by atoms with Gasteiger partial charge in [0.2, 0.25) is 0 Å². The summed E-state index contributed by atoms with van der Waals surface area (Å²) >= 11 is 0. The average molecular weight is 318 g/mol. The first kappa shape index (κ1) is 15.7. The molecule has 0 amide bonds. The first-order valence-corrected chi connectivity index (χ1v) is 7.63. The van der Waals surface area contributed by atoms with E-state index in [1.54, 1.807) is 13.0 Å². The van der Waals surface area contributed by atoms with Gasteiger partial charge in [-0.1, -0.05) is 54.6 Å². The molecule has 0 bridgehead atoms. The number of carbonyl (C=O) groups is 1. The molecule has 0 N–H and O–H groups in total. The Labute approximate surface area is 139 Å².